The van der Waals surface area contributed by atoms with Gasteiger partial charge in [-0.25, -0.2) is 4.98 Å². The number of fused-ring (bicyclic) bond motifs is 1. The number of rotatable bonds is 4. The highest BCUT2D eigenvalue weighted by molar-refractivity contribution is 7.09. The van der Waals surface area contributed by atoms with Crippen LogP contribution in [0.3, 0.4) is 0 Å². The Kier molecular flexibility index (Phi) is 4.03. The first kappa shape index (κ1) is 14.2. The van der Waals surface area contributed by atoms with Gasteiger partial charge in [0.15, 0.2) is 0 Å². The fourth-order valence-corrected chi connectivity index (χ4v) is 3.55. The highest BCUT2D eigenvalue weighted by atomic mass is 32.1. The number of amides is 1. The van der Waals surface area contributed by atoms with Crippen LogP contribution in [0.5, 0.6) is 0 Å². The Hall–Kier alpha value is -1.72. The van der Waals surface area contributed by atoms with E-state index in [-0.39, 0.29) is 11.9 Å². The Morgan fingerprint density at radius 2 is 2.19 bits per heavy atom. The zero-order valence-corrected chi connectivity index (χ0v) is 12.9. The Labute approximate surface area is 128 Å². The van der Waals surface area contributed by atoms with Gasteiger partial charge in [-0.05, 0) is 24.0 Å². The van der Waals surface area contributed by atoms with E-state index in [4.69, 9.17) is 5.73 Å². The molecule has 0 aliphatic carbocycles. The molecule has 21 heavy (non-hydrogen) atoms. The van der Waals surface area contributed by atoms with Crippen LogP contribution in [0.2, 0.25) is 0 Å². The van der Waals surface area contributed by atoms with Crippen molar-refractivity contribution in [3.63, 3.8) is 0 Å². The zero-order chi connectivity index (χ0) is 14.8. The van der Waals surface area contributed by atoms with Crippen LogP contribution < -0.4 is 5.73 Å². The predicted molar refractivity (Wildman–Crippen MR) is 83.9 cm³/mol. The molecule has 1 aliphatic heterocycles. The number of hydrogen-bond donors (Lipinski definition) is 1. The van der Waals surface area contributed by atoms with Crippen LogP contribution in [0, 0.1) is 0 Å². The molecule has 0 fully saturated rings. The van der Waals surface area contributed by atoms with Gasteiger partial charge in [0.05, 0.1) is 16.7 Å². The summed E-state index contributed by atoms with van der Waals surface area (Å²) in [7, 11) is 0. The number of nitrogens with zero attached hydrogens (tertiary/aromatic N) is 2. The summed E-state index contributed by atoms with van der Waals surface area (Å²) in [6.45, 7) is 3.53. The summed E-state index contributed by atoms with van der Waals surface area (Å²) in [6.07, 6.45) is 1.64. The number of primary amides is 1. The van der Waals surface area contributed by atoms with Gasteiger partial charge in [-0.1, -0.05) is 31.2 Å². The molecular weight excluding hydrogens is 282 g/mol. The number of benzene rings is 1. The van der Waals surface area contributed by atoms with Gasteiger partial charge in [0.25, 0.3) is 0 Å². The van der Waals surface area contributed by atoms with Crippen LogP contribution in [0.25, 0.3) is 0 Å². The number of hydrogen-bond acceptors (Lipinski definition) is 4. The Morgan fingerprint density at radius 1 is 1.43 bits per heavy atom. The van der Waals surface area contributed by atoms with Gasteiger partial charge in [-0.2, -0.15) is 0 Å². The second kappa shape index (κ2) is 5.95. The van der Waals surface area contributed by atoms with Gasteiger partial charge in [0, 0.05) is 18.5 Å². The zero-order valence-electron chi connectivity index (χ0n) is 12.1. The Bertz CT molecular complexity index is 652. The minimum atomic E-state index is -0.254. The summed E-state index contributed by atoms with van der Waals surface area (Å²) in [5.41, 5.74) is 9.14. The third-order valence-corrected chi connectivity index (χ3v) is 4.98. The average molecular weight is 301 g/mol. The molecule has 0 spiro atoms. The third-order valence-electron chi connectivity index (χ3n) is 3.94. The van der Waals surface area contributed by atoms with E-state index >= 15 is 0 Å². The van der Waals surface area contributed by atoms with Crippen LogP contribution in [0.4, 0.5) is 0 Å². The van der Waals surface area contributed by atoms with Gasteiger partial charge in [0.2, 0.25) is 5.91 Å². The number of thiazole rings is 1. The maximum Gasteiger partial charge on any atom is 0.235 e. The number of nitrogens with two attached hydrogens (primary N) is 1. The van der Waals surface area contributed by atoms with E-state index in [1.165, 1.54) is 11.1 Å². The van der Waals surface area contributed by atoms with Gasteiger partial charge in [0.1, 0.15) is 0 Å². The Morgan fingerprint density at radius 3 is 2.86 bits per heavy atom. The largest absolute Gasteiger partial charge is 0.368 e. The molecule has 4 nitrogen and oxygen atoms in total. The monoisotopic (exact) mass is 301 g/mol. The van der Waals surface area contributed by atoms with E-state index in [9.17, 15) is 4.79 Å². The first-order valence-electron chi connectivity index (χ1n) is 7.20. The molecule has 2 aromatic rings. The molecule has 1 atom stereocenters. The van der Waals surface area contributed by atoms with Crippen LogP contribution in [-0.4, -0.2) is 21.8 Å². The number of carbonyl (C=O) groups is 1. The van der Waals surface area contributed by atoms with Crippen molar-refractivity contribution in [2.45, 2.75) is 38.9 Å². The quantitative estimate of drug-likeness (QED) is 0.941. The molecular formula is C16H19N3OS. The van der Waals surface area contributed by atoms with E-state index in [1.807, 2.05) is 12.1 Å². The van der Waals surface area contributed by atoms with Gasteiger partial charge in [-0.3, -0.25) is 9.69 Å². The highest BCUT2D eigenvalue weighted by Gasteiger charge is 2.30. The molecule has 0 saturated carbocycles. The van der Waals surface area contributed by atoms with Crippen molar-refractivity contribution < 1.29 is 4.79 Å². The van der Waals surface area contributed by atoms with Gasteiger partial charge >= 0.3 is 0 Å². The first-order valence-corrected chi connectivity index (χ1v) is 8.08. The van der Waals surface area contributed by atoms with Crippen molar-refractivity contribution in [1.82, 2.24) is 9.88 Å². The summed E-state index contributed by atoms with van der Waals surface area (Å²) in [6, 6.07) is 8.02. The molecule has 1 amide bonds. The SMILES string of the molecule is CCc1nc(CN2Cc3ccccc3CC2C(N)=O)cs1. The second-order valence-electron chi connectivity index (χ2n) is 5.38. The summed E-state index contributed by atoms with van der Waals surface area (Å²) in [5, 5.41) is 3.22. The van der Waals surface area contributed by atoms with Crippen LogP contribution in [0.1, 0.15) is 28.8 Å². The van der Waals surface area contributed by atoms with E-state index in [0.29, 0.717) is 13.0 Å². The molecule has 110 valence electrons. The molecule has 3 rings (SSSR count). The fraction of sp³-hybridized carbons (Fsp3) is 0.375. The summed E-state index contributed by atoms with van der Waals surface area (Å²) in [5.74, 6) is -0.254. The number of aromatic nitrogens is 1. The maximum absolute atomic E-state index is 11.8. The van der Waals surface area contributed by atoms with Gasteiger partial charge in [-0.15, -0.1) is 11.3 Å². The number of aryl methyl sites for hydroxylation is 1. The molecule has 2 heterocycles. The van der Waals surface area contributed by atoms with E-state index < -0.39 is 0 Å². The molecule has 0 radical (unpaired) electrons. The third kappa shape index (κ3) is 2.99. The van der Waals surface area contributed by atoms with Crippen molar-refractivity contribution in [2.75, 3.05) is 0 Å². The molecule has 0 saturated heterocycles. The smallest absolute Gasteiger partial charge is 0.235 e. The van der Waals surface area contributed by atoms with Crippen LogP contribution in [0.15, 0.2) is 29.6 Å². The van der Waals surface area contributed by atoms with Crippen LogP contribution >= 0.6 is 11.3 Å². The lowest BCUT2D eigenvalue weighted by atomic mass is 9.93. The minimum absolute atomic E-state index is 0.244. The molecule has 1 aromatic carbocycles. The minimum Gasteiger partial charge on any atom is -0.368 e. The highest BCUT2D eigenvalue weighted by Crippen LogP contribution is 2.25. The molecule has 5 heteroatoms. The fourth-order valence-electron chi connectivity index (χ4n) is 2.82. The first-order chi connectivity index (χ1) is 10.2. The molecule has 0 bridgehead atoms. The normalized spacial score (nSPS) is 18.4. The van der Waals surface area contributed by atoms with Crippen LogP contribution in [-0.2, 0) is 30.7 Å². The van der Waals surface area contributed by atoms with E-state index in [2.05, 4.69) is 34.3 Å². The topological polar surface area (TPSA) is 59.2 Å². The maximum atomic E-state index is 11.8. The van der Waals surface area contributed by atoms with E-state index in [0.717, 1.165) is 23.7 Å². The lowest BCUT2D eigenvalue weighted by Crippen LogP contribution is -2.48. The average Bonchev–Trinajstić information content (AvgIpc) is 2.94. The van der Waals surface area contributed by atoms with Crippen molar-refractivity contribution in [2.24, 2.45) is 5.73 Å². The predicted octanol–water partition coefficient (Wildman–Crippen LogP) is 2.12. The van der Waals surface area contributed by atoms with Crippen molar-refractivity contribution in [1.29, 1.82) is 0 Å². The molecule has 1 unspecified atom stereocenters. The lowest BCUT2D eigenvalue weighted by molar-refractivity contribution is -0.124. The second-order valence-corrected chi connectivity index (χ2v) is 6.32. The van der Waals surface area contributed by atoms with Crippen molar-refractivity contribution in [3.8, 4) is 0 Å². The van der Waals surface area contributed by atoms with E-state index in [1.54, 1.807) is 11.3 Å². The lowest BCUT2D eigenvalue weighted by Gasteiger charge is -2.34. The summed E-state index contributed by atoms with van der Waals surface area (Å²) < 4.78 is 0. The summed E-state index contributed by atoms with van der Waals surface area (Å²) >= 11 is 1.68. The van der Waals surface area contributed by atoms with Crippen molar-refractivity contribution in [3.05, 3.63) is 51.5 Å². The Balaban J connectivity index is 1.83. The van der Waals surface area contributed by atoms with Gasteiger partial charge < -0.3 is 5.73 Å². The molecule has 1 aliphatic rings. The standard InChI is InChI=1S/C16H19N3OS/c1-2-15-18-13(10-21-15)9-19-8-12-6-4-3-5-11(12)7-14(19)16(17)20/h3-6,10,14H,2,7-9H2,1H3,(H2,17,20). The van der Waals surface area contributed by atoms with Crippen molar-refractivity contribution >= 4 is 17.2 Å². The summed E-state index contributed by atoms with van der Waals surface area (Å²) in [4.78, 5) is 18.5. The molecule has 1 aromatic heterocycles. The number of carbonyl (C=O) groups excluding carboxylic acids is 1. The molecule has 2 N–H and O–H groups in total.